The molecule has 0 bridgehead atoms. The van der Waals surface area contributed by atoms with Crippen molar-refractivity contribution in [1.82, 2.24) is 5.32 Å². The van der Waals surface area contributed by atoms with Crippen LogP contribution in [0.1, 0.15) is 44.2 Å². The molecule has 1 aliphatic carbocycles. The van der Waals surface area contributed by atoms with E-state index >= 15 is 0 Å². The summed E-state index contributed by atoms with van der Waals surface area (Å²) in [6.07, 6.45) is 5.15. The van der Waals surface area contributed by atoms with Crippen molar-refractivity contribution < 1.29 is 13.9 Å². The van der Waals surface area contributed by atoms with Gasteiger partial charge in [0.05, 0.1) is 12.7 Å². The molecule has 0 unspecified atom stereocenters. The Bertz CT molecular complexity index is 478. The highest BCUT2D eigenvalue weighted by molar-refractivity contribution is 5.81. The fourth-order valence-electron chi connectivity index (χ4n) is 2.98. The highest BCUT2D eigenvalue weighted by atomic mass is 19.1. The zero-order valence-corrected chi connectivity index (χ0v) is 13.1. The van der Waals surface area contributed by atoms with Gasteiger partial charge in [0.1, 0.15) is 11.9 Å². The molecule has 2 rings (SSSR count). The van der Waals surface area contributed by atoms with Crippen molar-refractivity contribution in [3.8, 4) is 0 Å². The highest BCUT2D eigenvalue weighted by Gasteiger charge is 2.22. The van der Waals surface area contributed by atoms with E-state index in [0.29, 0.717) is 30.7 Å². The zero-order valence-electron chi connectivity index (χ0n) is 13.1. The highest BCUT2D eigenvalue weighted by Crippen LogP contribution is 2.26. The average Bonchev–Trinajstić information content (AvgIpc) is 2.50. The summed E-state index contributed by atoms with van der Waals surface area (Å²) in [5.74, 6) is -0.211. The summed E-state index contributed by atoms with van der Waals surface area (Å²) < 4.78 is 18.8. The summed E-state index contributed by atoms with van der Waals surface area (Å²) in [7, 11) is 0. The molecular weight excluding hydrogens is 283 g/mol. The van der Waals surface area contributed by atoms with E-state index in [9.17, 15) is 9.18 Å². The van der Waals surface area contributed by atoms with Crippen molar-refractivity contribution in [2.75, 3.05) is 13.2 Å². The van der Waals surface area contributed by atoms with Gasteiger partial charge in [-0.3, -0.25) is 10.1 Å². The topological polar surface area (TPSA) is 64.3 Å². The number of carbonyl (C=O) groups excluding carboxylic acids is 1. The van der Waals surface area contributed by atoms with Gasteiger partial charge in [-0.2, -0.15) is 0 Å². The van der Waals surface area contributed by atoms with E-state index in [4.69, 9.17) is 10.5 Å². The second-order valence-electron chi connectivity index (χ2n) is 6.01. The van der Waals surface area contributed by atoms with Gasteiger partial charge in [-0.05, 0) is 36.5 Å². The molecule has 0 spiro atoms. The van der Waals surface area contributed by atoms with E-state index in [1.807, 2.05) is 0 Å². The van der Waals surface area contributed by atoms with Gasteiger partial charge in [-0.1, -0.05) is 31.9 Å². The zero-order chi connectivity index (χ0) is 15.9. The molecule has 1 aromatic rings. The molecule has 4 nitrogen and oxygen atoms in total. The minimum absolute atomic E-state index is 0.313. The third-order valence-corrected chi connectivity index (χ3v) is 4.30. The van der Waals surface area contributed by atoms with Gasteiger partial charge >= 0.3 is 0 Å². The lowest BCUT2D eigenvalue weighted by atomic mass is 9.88. The van der Waals surface area contributed by atoms with Gasteiger partial charge in [0.2, 0.25) is 5.91 Å². The van der Waals surface area contributed by atoms with Crippen LogP contribution in [0.4, 0.5) is 4.39 Å². The summed E-state index contributed by atoms with van der Waals surface area (Å²) in [5, 5.41) is 3.09. The SMILES string of the molecule is C[C@@H]1CCCC[C@H]1OCCN[C@H](C(N)=O)c1ccc(F)cc1. The number of halogens is 1. The number of rotatable bonds is 7. The normalized spacial score (nSPS) is 23.2. The van der Waals surface area contributed by atoms with Crippen molar-refractivity contribution in [2.45, 2.75) is 44.8 Å². The Kier molecular flexibility index (Phi) is 6.34. The molecule has 0 heterocycles. The lowest BCUT2D eigenvalue weighted by molar-refractivity contribution is -0.120. The second-order valence-corrected chi connectivity index (χ2v) is 6.01. The van der Waals surface area contributed by atoms with Crippen LogP contribution in [0.25, 0.3) is 0 Å². The third-order valence-electron chi connectivity index (χ3n) is 4.30. The molecule has 0 aliphatic heterocycles. The van der Waals surface area contributed by atoms with Gasteiger partial charge in [0.25, 0.3) is 0 Å². The third kappa shape index (κ3) is 4.78. The molecule has 3 atom stereocenters. The van der Waals surface area contributed by atoms with E-state index in [1.165, 1.54) is 31.4 Å². The molecule has 5 heteroatoms. The number of hydrogen-bond acceptors (Lipinski definition) is 3. The van der Waals surface area contributed by atoms with Crippen molar-refractivity contribution in [1.29, 1.82) is 0 Å². The minimum atomic E-state index is -0.618. The van der Waals surface area contributed by atoms with E-state index in [1.54, 1.807) is 12.1 Å². The Morgan fingerprint density at radius 3 is 2.68 bits per heavy atom. The molecule has 1 aliphatic rings. The van der Waals surface area contributed by atoms with Crippen LogP contribution >= 0.6 is 0 Å². The van der Waals surface area contributed by atoms with Gasteiger partial charge < -0.3 is 10.5 Å². The summed E-state index contributed by atoms with van der Waals surface area (Å²) >= 11 is 0. The second kappa shape index (κ2) is 8.25. The summed E-state index contributed by atoms with van der Waals surface area (Å²) in [5.41, 5.74) is 6.08. The van der Waals surface area contributed by atoms with Gasteiger partial charge in [0, 0.05) is 6.54 Å². The largest absolute Gasteiger partial charge is 0.377 e. The van der Waals surface area contributed by atoms with Crippen molar-refractivity contribution in [3.63, 3.8) is 0 Å². The number of ether oxygens (including phenoxy) is 1. The maximum Gasteiger partial charge on any atom is 0.239 e. The Hall–Kier alpha value is -1.46. The van der Waals surface area contributed by atoms with Crippen LogP contribution in [0, 0.1) is 11.7 Å². The monoisotopic (exact) mass is 308 g/mol. The van der Waals surface area contributed by atoms with Gasteiger partial charge in [-0.25, -0.2) is 4.39 Å². The van der Waals surface area contributed by atoms with Gasteiger partial charge in [0.15, 0.2) is 0 Å². The Balaban J connectivity index is 1.79. The lowest BCUT2D eigenvalue weighted by Gasteiger charge is -2.29. The number of nitrogens with two attached hydrogens (primary N) is 1. The quantitative estimate of drug-likeness (QED) is 0.761. The maximum absolute atomic E-state index is 12.9. The van der Waals surface area contributed by atoms with Gasteiger partial charge in [-0.15, -0.1) is 0 Å². The molecule has 1 amide bonds. The van der Waals surface area contributed by atoms with Crippen LogP contribution in [-0.2, 0) is 9.53 Å². The smallest absolute Gasteiger partial charge is 0.239 e. The molecular formula is C17H25FN2O2. The van der Waals surface area contributed by atoms with E-state index < -0.39 is 11.9 Å². The molecule has 1 fully saturated rings. The fourth-order valence-corrected chi connectivity index (χ4v) is 2.98. The van der Waals surface area contributed by atoms with Crippen molar-refractivity contribution >= 4 is 5.91 Å². The van der Waals surface area contributed by atoms with Crippen LogP contribution in [0.5, 0.6) is 0 Å². The molecule has 1 saturated carbocycles. The van der Waals surface area contributed by atoms with Crippen LogP contribution in [0.15, 0.2) is 24.3 Å². The minimum Gasteiger partial charge on any atom is -0.377 e. The molecule has 0 saturated heterocycles. The summed E-state index contributed by atoms with van der Waals surface area (Å²) in [6, 6.07) is 5.18. The molecule has 0 aromatic heterocycles. The standard InChI is InChI=1S/C17H25FN2O2/c1-12-4-2-3-5-15(12)22-11-10-20-16(17(19)21)13-6-8-14(18)9-7-13/h6-9,12,15-16,20H,2-5,10-11H2,1H3,(H2,19,21)/t12-,15-,16+/m1/s1. The maximum atomic E-state index is 12.9. The summed E-state index contributed by atoms with van der Waals surface area (Å²) in [4.78, 5) is 11.6. The summed E-state index contributed by atoms with van der Waals surface area (Å²) in [6.45, 7) is 3.30. The van der Waals surface area contributed by atoms with E-state index in [-0.39, 0.29) is 5.82 Å². The van der Waals surface area contributed by atoms with Crippen molar-refractivity contribution in [2.24, 2.45) is 11.7 Å². The lowest BCUT2D eigenvalue weighted by Crippen LogP contribution is -2.36. The first-order chi connectivity index (χ1) is 10.6. The number of hydrogen-bond donors (Lipinski definition) is 2. The van der Waals surface area contributed by atoms with Crippen LogP contribution in [0.3, 0.4) is 0 Å². The van der Waals surface area contributed by atoms with Crippen LogP contribution < -0.4 is 11.1 Å². The fraction of sp³-hybridized carbons (Fsp3) is 0.588. The molecule has 122 valence electrons. The Morgan fingerprint density at radius 1 is 1.36 bits per heavy atom. The first-order valence-corrected chi connectivity index (χ1v) is 7.97. The van der Waals surface area contributed by atoms with Crippen molar-refractivity contribution in [3.05, 3.63) is 35.6 Å². The van der Waals surface area contributed by atoms with Crippen LogP contribution in [0.2, 0.25) is 0 Å². The first-order valence-electron chi connectivity index (χ1n) is 7.97. The molecule has 1 aromatic carbocycles. The van der Waals surface area contributed by atoms with E-state index in [0.717, 1.165) is 6.42 Å². The predicted molar refractivity (Wildman–Crippen MR) is 83.7 cm³/mol. The molecule has 3 N–H and O–H groups in total. The first kappa shape index (κ1) is 16.9. The average molecular weight is 308 g/mol. The number of amides is 1. The predicted octanol–water partition coefficient (Wildman–Crippen LogP) is 2.54. The molecule has 22 heavy (non-hydrogen) atoms. The van der Waals surface area contributed by atoms with E-state index in [2.05, 4.69) is 12.2 Å². The number of benzene rings is 1. The Labute approximate surface area is 131 Å². The molecule has 0 radical (unpaired) electrons. The Morgan fingerprint density at radius 2 is 2.05 bits per heavy atom. The van der Waals surface area contributed by atoms with Crippen LogP contribution in [-0.4, -0.2) is 25.2 Å². The number of primary amides is 1. The number of nitrogens with one attached hydrogen (secondary N) is 1. The number of carbonyl (C=O) groups is 1.